The Labute approximate surface area is 265 Å². The van der Waals surface area contributed by atoms with E-state index in [4.69, 9.17) is 9.47 Å². The van der Waals surface area contributed by atoms with E-state index < -0.39 is 17.8 Å². The monoisotopic (exact) mass is 654 g/mol. The second kappa shape index (κ2) is 11.2. The van der Waals surface area contributed by atoms with E-state index in [1.54, 1.807) is 12.1 Å². The summed E-state index contributed by atoms with van der Waals surface area (Å²) in [6.07, 6.45) is 9.28. The van der Waals surface area contributed by atoms with E-state index in [0.717, 1.165) is 33.8 Å². The number of nitrogens with zero attached hydrogens (tertiary/aromatic N) is 1. The van der Waals surface area contributed by atoms with Crippen LogP contribution in [0.15, 0.2) is 70.7 Å². The van der Waals surface area contributed by atoms with Gasteiger partial charge in [-0.3, -0.25) is 14.9 Å². The van der Waals surface area contributed by atoms with Gasteiger partial charge < -0.3 is 9.47 Å². The first-order chi connectivity index (χ1) is 21.2. The first-order valence-electron chi connectivity index (χ1n) is 15.3. The van der Waals surface area contributed by atoms with Crippen molar-refractivity contribution in [2.24, 2.45) is 17.8 Å². The Morgan fingerprint density at radius 1 is 0.932 bits per heavy atom. The molecule has 44 heavy (non-hydrogen) atoms. The first-order valence-corrected chi connectivity index (χ1v) is 16.1. The Kier molecular flexibility index (Phi) is 7.35. The average molecular weight is 656 g/mol. The SMILES string of the molecule is COc1cc(/C=C2\C(=O)NC(=O)N(c3ccc(C45CC6CC(CC(C6)C4)C5)cc3)C2=O)c(Br)cc1OCc1cccc(C)c1. The van der Waals surface area contributed by atoms with Gasteiger partial charge in [0, 0.05) is 4.47 Å². The second-order valence-electron chi connectivity index (χ2n) is 13.0. The van der Waals surface area contributed by atoms with Gasteiger partial charge in [0.05, 0.1) is 12.8 Å². The number of carbonyl (C=O) groups excluding carboxylic acids is 3. The highest BCUT2D eigenvalue weighted by molar-refractivity contribution is 9.10. The molecule has 4 amide bonds. The number of anilines is 1. The van der Waals surface area contributed by atoms with Gasteiger partial charge in [0.15, 0.2) is 11.5 Å². The number of imide groups is 2. The number of amides is 4. The van der Waals surface area contributed by atoms with Gasteiger partial charge in [-0.15, -0.1) is 0 Å². The molecule has 5 fully saturated rings. The normalized spacial score (nSPS) is 26.7. The predicted octanol–water partition coefficient (Wildman–Crippen LogP) is 7.48. The number of hydrogen-bond donors (Lipinski definition) is 1. The molecule has 0 atom stereocenters. The molecule has 8 heteroatoms. The van der Waals surface area contributed by atoms with Crippen LogP contribution in [0.25, 0.3) is 6.08 Å². The minimum Gasteiger partial charge on any atom is -0.493 e. The van der Waals surface area contributed by atoms with E-state index in [2.05, 4.69) is 39.4 Å². The molecule has 0 unspecified atom stereocenters. The molecule has 0 spiro atoms. The molecule has 4 saturated carbocycles. The van der Waals surface area contributed by atoms with Crippen molar-refractivity contribution in [1.82, 2.24) is 5.32 Å². The minimum absolute atomic E-state index is 0.147. The van der Waals surface area contributed by atoms with Crippen LogP contribution in [0.2, 0.25) is 0 Å². The van der Waals surface area contributed by atoms with Crippen LogP contribution < -0.4 is 19.7 Å². The molecule has 0 aromatic heterocycles. The largest absolute Gasteiger partial charge is 0.493 e. The van der Waals surface area contributed by atoms with E-state index in [9.17, 15) is 14.4 Å². The van der Waals surface area contributed by atoms with Gasteiger partial charge in [0.2, 0.25) is 0 Å². The van der Waals surface area contributed by atoms with Crippen molar-refractivity contribution in [2.45, 2.75) is 57.5 Å². The smallest absolute Gasteiger partial charge is 0.335 e. The molecule has 1 N–H and O–H groups in total. The highest BCUT2D eigenvalue weighted by Gasteiger charge is 2.51. The lowest BCUT2D eigenvalue weighted by atomic mass is 9.48. The highest BCUT2D eigenvalue weighted by atomic mass is 79.9. The number of methoxy groups -OCH3 is 1. The quantitative estimate of drug-likeness (QED) is 0.211. The molecule has 1 heterocycles. The number of aryl methyl sites for hydroxylation is 1. The minimum atomic E-state index is -0.753. The maximum atomic E-state index is 13.7. The third-order valence-electron chi connectivity index (χ3n) is 9.94. The van der Waals surface area contributed by atoms with E-state index in [-0.39, 0.29) is 11.0 Å². The van der Waals surface area contributed by atoms with Gasteiger partial charge in [-0.2, -0.15) is 0 Å². The summed E-state index contributed by atoms with van der Waals surface area (Å²) in [5, 5.41) is 2.34. The third kappa shape index (κ3) is 5.23. The molecule has 3 aromatic carbocycles. The van der Waals surface area contributed by atoms with E-state index in [1.807, 2.05) is 37.3 Å². The summed E-state index contributed by atoms with van der Waals surface area (Å²) in [5.41, 5.74) is 4.51. The summed E-state index contributed by atoms with van der Waals surface area (Å²) in [4.78, 5) is 40.6. The molecule has 4 bridgehead atoms. The molecule has 3 aromatic rings. The molecule has 226 valence electrons. The summed E-state index contributed by atoms with van der Waals surface area (Å²) in [6, 6.07) is 18.6. The molecular weight excluding hydrogens is 620 g/mol. The Hall–Kier alpha value is -3.91. The van der Waals surface area contributed by atoms with Crippen LogP contribution in [-0.4, -0.2) is 25.0 Å². The van der Waals surface area contributed by atoms with Gasteiger partial charge in [0.25, 0.3) is 11.8 Å². The molecule has 4 aliphatic carbocycles. The summed E-state index contributed by atoms with van der Waals surface area (Å²) in [6.45, 7) is 2.38. The lowest BCUT2D eigenvalue weighted by Crippen LogP contribution is -2.54. The zero-order chi connectivity index (χ0) is 30.6. The van der Waals surface area contributed by atoms with Crippen LogP contribution in [0.3, 0.4) is 0 Å². The summed E-state index contributed by atoms with van der Waals surface area (Å²) in [5.74, 6) is 2.00. The van der Waals surface area contributed by atoms with E-state index in [1.165, 1.54) is 57.3 Å². The zero-order valence-corrected chi connectivity index (χ0v) is 26.5. The Bertz CT molecular complexity index is 1660. The first kappa shape index (κ1) is 28.8. The van der Waals surface area contributed by atoms with Gasteiger partial charge >= 0.3 is 6.03 Å². The molecule has 8 rings (SSSR count). The van der Waals surface area contributed by atoms with Crippen LogP contribution in [0.5, 0.6) is 11.5 Å². The van der Waals surface area contributed by atoms with Gasteiger partial charge in [0.1, 0.15) is 12.2 Å². The van der Waals surface area contributed by atoms with Crippen LogP contribution >= 0.6 is 15.9 Å². The molecule has 1 aliphatic heterocycles. The van der Waals surface area contributed by atoms with Crippen molar-refractivity contribution in [1.29, 1.82) is 0 Å². The summed E-state index contributed by atoms with van der Waals surface area (Å²) in [7, 11) is 1.53. The number of halogens is 1. The lowest BCUT2D eigenvalue weighted by molar-refractivity contribution is -0.122. The molecule has 0 radical (unpaired) electrons. The highest BCUT2D eigenvalue weighted by Crippen LogP contribution is 2.60. The summed E-state index contributed by atoms with van der Waals surface area (Å²) < 4.78 is 12.2. The maximum absolute atomic E-state index is 13.7. The number of urea groups is 1. The van der Waals surface area contributed by atoms with Crippen molar-refractivity contribution >= 4 is 45.5 Å². The number of ether oxygens (including phenoxy) is 2. The van der Waals surface area contributed by atoms with Crippen molar-refractivity contribution in [2.75, 3.05) is 12.0 Å². The van der Waals surface area contributed by atoms with Gasteiger partial charge in [-0.05, 0) is 116 Å². The lowest BCUT2D eigenvalue weighted by Gasteiger charge is -2.57. The Balaban J connectivity index is 1.13. The van der Waals surface area contributed by atoms with Crippen LogP contribution in [-0.2, 0) is 21.6 Å². The Morgan fingerprint density at radius 2 is 1.61 bits per heavy atom. The topological polar surface area (TPSA) is 84.9 Å². The number of carbonyl (C=O) groups is 3. The zero-order valence-electron chi connectivity index (χ0n) is 24.9. The average Bonchev–Trinajstić information content (AvgIpc) is 2.98. The van der Waals surface area contributed by atoms with Crippen LogP contribution in [0.1, 0.15) is 60.8 Å². The molecule has 7 nitrogen and oxygen atoms in total. The predicted molar refractivity (Wildman–Crippen MR) is 171 cm³/mol. The van der Waals surface area contributed by atoms with Crippen molar-refractivity contribution in [3.8, 4) is 11.5 Å². The van der Waals surface area contributed by atoms with Gasteiger partial charge in [-0.25, -0.2) is 9.69 Å². The van der Waals surface area contributed by atoms with Crippen molar-refractivity contribution < 1.29 is 23.9 Å². The Morgan fingerprint density at radius 3 is 2.25 bits per heavy atom. The number of barbiturate groups is 1. The summed E-state index contributed by atoms with van der Waals surface area (Å²) >= 11 is 3.56. The number of hydrogen-bond acceptors (Lipinski definition) is 5. The van der Waals surface area contributed by atoms with E-state index in [0.29, 0.717) is 33.8 Å². The fourth-order valence-electron chi connectivity index (χ4n) is 8.37. The molecular formula is C36H35BrN2O5. The number of rotatable bonds is 7. The van der Waals surface area contributed by atoms with Crippen molar-refractivity contribution in [3.05, 3.63) is 93.0 Å². The fraction of sp³-hybridized carbons (Fsp3) is 0.361. The number of nitrogens with one attached hydrogen (secondary N) is 1. The fourth-order valence-corrected chi connectivity index (χ4v) is 8.81. The van der Waals surface area contributed by atoms with Crippen LogP contribution in [0, 0.1) is 24.7 Å². The van der Waals surface area contributed by atoms with Gasteiger partial charge in [-0.1, -0.05) is 57.9 Å². The molecule has 5 aliphatic rings. The third-order valence-corrected chi connectivity index (χ3v) is 10.6. The standard InChI is InChI=1S/C36H35BrN2O5/c1-21-4-3-5-22(10-21)20-44-32-16-30(37)26(15-31(32)43-2)14-29-33(40)38-35(42)39(34(29)41)28-8-6-27(7-9-28)36-17-23-11-24(18-36)13-25(12-23)19-36/h3-10,14-16,23-25H,11-13,17-20H2,1-2H3,(H,38,40,42)/b29-14+. The second-order valence-corrected chi connectivity index (χ2v) is 13.9. The number of benzene rings is 3. The van der Waals surface area contributed by atoms with E-state index >= 15 is 0 Å². The molecule has 1 saturated heterocycles. The van der Waals surface area contributed by atoms with Crippen molar-refractivity contribution in [3.63, 3.8) is 0 Å². The maximum Gasteiger partial charge on any atom is 0.335 e. The van der Waals surface area contributed by atoms with Crippen LogP contribution in [0.4, 0.5) is 10.5 Å².